The first-order chi connectivity index (χ1) is 8.24. The lowest BCUT2D eigenvalue weighted by Crippen LogP contribution is -2.34. The summed E-state index contributed by atoms with van der Waals surface area (Å²) in [4.78, 5) is 28.5. The van der Waals surface area contributed by atoms with Crippen molar-refractivity contribution in [1.82, 2.24) is 14.5 Å². The Bertz CT molecular complexity index is 451. The maximum absolute atomic E-state index is 11.9. The lowest BCUT2D eigenvalue weighted by molar-refractivity contribution is -0.151. The normalized spacial score (nSPS) is 11.3. The zero-order valence-electron chi connectivity index (χ0n) is 11.2. The summed E-state index contributed by atoms with van der Waals surface area (Å²) in [5.74, 6) is -0.411. The van der Waals surface area contributed by atoms with Crippen molar-refractivity contribution >= 4 is 11.9 Å². The molecule has 0 saturated heterocycles. The number of hydrogen-bond donors (Lipinski definition) is 1. The molecule has 18 heavy (non-hydrogen) atoms. The third kappa shape index (κ3) is 3.32. The first-order valence-corrected chi connectivity index (χ1v) is 5.67. The second-order valence-electron chi connectivity index (χ2n) is 5.07. The molecule has 6 heteroatoms. The molecule has 0 spiro atoms. The Labute approximate surface area is 106 Å². The monoisotopic (exact) mass is 253 g/mol. The van der Waals surface area contributed by atoms with Gasteiger partial charge in [0.25, 0.3) is 0 Å². The number of aryl methyl sites for hydroxylation is 1. The number of nitrogens with zero attached hydrogens (tertiary/aromatic N) is 3. The Morgan fingerprint density at radius 1 is 1.50 bits per heavy atom. The largest absolute Gasteiger partial charge is 0.481 e. The fraction of sp³-hybridized carbons (Fsp3) is 0.583. The van der Waals surface area contributed by atoms with Crippen molar-refractivity contribution in [2.75, 3.05) is 7.05 Å². The average Bonchev–Trinajstić information content (AvgIpc) is 2.63. The zero-order valence-corrected chi connectivity index (χ0v) is 11.2. The molecular weight excluding hydrogens is 234 g/mol. The summed E-state index contributed by atoms with van der Waals surface area (Å²) in [6.07, 6.45) is 3.44. The molecule has 0 atom stereocenters. The summed E-state index contributed by atoms with van der Waals surface area (Å²) in [5.41, 5.74) is -1.05. The molecule has 1 rings (SSSR count). The lowest BCUT2D eigenvalue weighted by Gasteiger charge is -2.23. The van der Waals surface area contributed by atoms with Crippen LogP contribution in [-0.4, -0.2) is 38.5 Å². The van der Waals surface area contributed by atoms with Crippen LogP contribution in [0.3, 0.4) is 0 Å². The highest BCUT2D eigenvalue weighted by atomic mass is 16.4. The van der Waals surface area contributed by atoms with E-state index in [1.807, 2.05) is 11.6 Å². The Hall–Kier alpha value is -1.85. The van der Waals surface area contributed by atoms with Gasteiger partial charge in [0.2, 0.25) is 5.91 Å². The number of imidazole rings is 1. The number of carbonyl (C=O) groups excluding carboxylic acids is 1. The number of carboxylic acid groups (broad SMARTS) is 1. The van der Waals surface area contributed by atoms with E-state index in [0.29, 0.717) is 6.54 Å². The summed E-state index contributed by atoms with van der Waals surface area (Å²) in [5, 5.41) is 8.99. The molecular formula is C12H19N3O3. The van der Waals surface area contributed by atoms with E-state index < -0.39 is 11.4 Å². The number of rotatable bonds is 5. The van der Waals surface area contributed by atoms with Crippen LogP contribution in [-0.2, 0) is 23.2 Å². The third-order valence-electron chi connectivity index (χ3n) is 2.90. The van der Waals surface area contributed by atoms with Crippen molar-refractivity contribution in [3.8, 4) is 0 Å². The molecule has 1 N–H and O–H groups in total. The van der Waals surface area contributed by atoms with Crippen LogP contribution in [0, 0.1) is 5.41 Å². The van der Waals surface area contributed by atoms with Crippen molar-refractivity contribution in [3.63, 3.8) is 0 Å². The van der Waals surface area contributed by atoms with E-state index in [1.54, 1.807) is 33.3 Å². The predicted molar refractivity (Wildman–Crippen MR) is 65.7 cm³/mol. The summed E-state index contributed by atoms with van der Waals surface area (Å²) >= 11 is 0. The molecule has 0 aromatic carbocycles. The quantitative estimate of drug-likeness (QED) is 0.845. The first kappa shape index (κ1) is 14.2. The standard InChI is InChI=1S/C12H19N3O3/c1-12(2,11(17)18)7-10(16)15(4)8-9-13-5-6-14(9)3/h5-6H,7-8H2,1-4H3,(H,17,18). The van der Waals surface area contributed by atoms with Crippen LogP contribution in [0.15, 0.2) is 12.4 Å². The van der Waals surface area contributed by atoms with Crippen LogP contribution in [0.2, 0.25) is 0 Å². The van der Waals surface area contributed by atoms with E-state index in [-0.39, 0.29) is 12.3 Å². The summed E-state index contributed by atoms with van der Waals surface area (Å²) in [6.45, 7) is 3.46. The maximum Gasteiger partial charge on any atom is 0.309 e. The summed E-state index contributed by atoms with van der Waals surface area (Å²) in [7, 11) is 3.50. The second-order valence-corrected chi connectivity index (χ2v) is 5.07. The van der Waals surface area contributed by atoms with Gasteiger partial charge in [-0.15, -0.1) is 0 Å². The minimum atomic E-state index is -1.05. The molecule has 1 aromatic rings. The smallest absolute Gasteiger partial charge is 0.309 e. The van der Waals surface area contributed by atoms with Crippen molar-refractivity contribution in [1.29, 1.82) is 0 Å². The van der Waals surface area contributed by atoms with E-state index in [2.05, 4.69) is 4.98 Å². The highest BCUT2D eigenvalue weighted by Crippen LogP contribution is 2.21. The number of carbonyl (C=O) groups is 2. The van der Waals surface area contributed by atoms with Gasteiger partial charge in [-0.05, 0) is 13.8 Å². The van der Waals surface area contributed by atoms with Gasteiger partial charge in [-0.25, -0.2) is 4.98 Å². The van der Waals surface area contributed by atoms with Crippen LogP contribution in [0.5, 0.6) is 0 Å². The van der Waals surface area contributed by atoms with Gasteiger partial charge in [-0.1, -0.05) is 0 Å². The third-order valence-corrected chi connectivity index (χ3v) is 2.90. The Morgan fingerprint density at radius 2 is 2.11 bits per heavy atom. The topological polar surface area (TPSA) is 75.4 Å². The molecule has 0 radical (unpaired) electrons. The minimum Gasteiger partial charge on any atom is -0.481 e. The van der Waals surface area contributed by atoms with Crippen LogP contribution < -0.4 is 0 Å². The van der Waals surface area contributed by atoms with E-state index in [1.165, 1.54) is 4.90 Å². The fourth-order valence-electron chi connectivity index (χ4n) is 1.44. The minimum absolute atomic E-state index is 0.0245. The number of amides is 1. The number of hydrogen-bond acceptors (Lipinski definition) is 3. The number of aliphatic carboxylic acids is 1. The first-order valence-electron chi connectivity index (χ1n) is 5.67. The number of aromatic nitrogens is 2. The average molecular weight is 253 g/mol. The maximum atomic E-state index is 11.9. The van der Waals surface area contributed by atoms with Crippen molar-refractivity contribution in [2.45, 2.75) is 26.8 Å². The van der Waals surface area contributed by atoms with Crippen LogP contribution in [0.25, 0.3) is 0 Å². The molecule has 0 aliphatic rings. The van der Waals surface area contributed by atoms with Gasteiger partial charge >= 0.3 is 5.97 Å². The van der Waals surface area contributed by atoms with E-state index >= 15 is 0 Å². The molecule has 1 amide bonds. The molecule has 0 saturated carbocycles. The summed E-state index contributed by atoms with van der Waals surface area (Å²) in [6, 6.07) is 0. The van der Waals surface area contributed by atoms with Crippen molar-refractivity contribution < 1.29 is 14.7 Å². The van der Waals surface area contributed by atoms with Crippen LogP contribution in [0.1, 0.15) is 26.1 Å². The van der Waals surface area contributed by atoms with Gasteiger partial charge in [-0.2, -0.15) is 0 Å². The van der Waals surface area contributed by atoms with Gasteiger partial charge in [-0.3, -0.25) is 9.59 Å². The molecule has 0 unspecified atom stereocenters. The van der Waals surface area contributed by atoms with Crippen LogP contribution in [0.4, 0.5) is 0 Å². The van der Waals surface area contributed by atoms with Gasteiger partial charge in [0.15, 0.2) is 0 Å². The Kier molecular flexibility index (Phi) is 4.11. The molecule has 1 heterocycles. The molecule has 0 fully saturated rings. The SMILES string of the molecule is CN(Cc1nccn1C)C(=O)CC(C)(C)C(=O)O. The molecule has 6 nitrogen and oxygen atoms in total. The van der Waals surface area contributed by atoms with Gasteiger partial charge < -0.3 is 14.6 Å². The lowest BCUT2D eigenvalue weighted by atomic mass is 9.89. The highest BCUT2D eigenvalue weighted by Gasteiger charge is 2.31. The molecule has 0 aliphatic carbocycles. The van der Waals surface area contributed by atoms with E-state index in [9.17, 15) is 9.59 Å². The molecule has 1 aromatic heterocycles. The molecule has 0 aliphatic heterocycles. The van der Waals surface area contributed by atoms with Gasteiger partial charge in [0.1, 0.15) is 5.82 Å². The summed E-state index contributed by atoms with van der Waals surface area (Å²) < 4.78 is 1.83. The second kappa shape index (κ2) is 5.20. The fourth-order valence-corrected chi connectivity index (χ4v) is 1.44. The van der Waals surface area contributed by atoms with E-state index in [4.69, 9.17) is 5.11 Å². The van der Waals surface area contributed by atoms with Crippen molar-refractivity contribution in [3.05, 3.63) is 18.2 Å². The highest BCUT2D eigenvalue weighted by molar-refractivity contribution is 5.84. The Balaban J connectivity index is 2.63. The molecule has 0 bridgehead atoms. The molecule has 100 valence electrons. The van der Waals surface area contributed by atoms with E-state index in [0.717, 1.165) is 5.82 Å². The zero-order chi connectivity index (χ0) is 13.9. The Morgan fingerprint density at radius 3 is 2.56 bits per heavy atom. The van der Waals surface area contributed by atoms with Crippen LogP contribution >= 0.6 is 0 Å². The van der Waals surface area contributed by atoms with Crippen molar-refractivity contribution in [2.24, 2.45) is 12.5 Å². The predicted octanol–water partition coefficient (Wildman–Crippen LogP) is 0.879. The van der Waals surface area contributed by atoms with Gasteiger partial charge in [0.05, 0.1) is 12.0 Å². The van der Waals surface area contributed by atoms with Gasteiger partial charge in [0, 0.05) is 32.9 Å². The number of carboxylic acids is 1.